The molecule has 0 saturated heterocycles. The van der Waals surface area contributed by atoms with Crippen LogP contribution in [0.15, 0.2) is 39.5 Å². The summed E-state index contributed by atoms with van der Waals surface area (Å²) in [4.78, 5) is 37.7. The van der Waals surface area contributed by atoms with Crippen LogP contribution in [0.3, 0.4) is 0 Å². The Morgan fingerprint density at radius 1 is 1.17 bits per heavy atom. The molecule has 7 heteroatoms. The summed E-state index contributed by atoms with van der Waals surface area (Å²) in [5.74, 6) is -1.61. The zero-order valence-electron chi connectivity index (χ0n) is 17.8. The molecule has 1 atom stereocenters. The Labute approximate surface area is 176 Å². The molecule has 0 radical (unpaired) electrons. The lowest BCUT2D eigenvalue weighted by molar-refractivity contribution is -0.126. The number of rotatable bonds is 9. The predicted molar refractivity (Wildman–Crippen MR) is 113 cm³/mol. The molecule has 1 fully saturated rings. The molecule has 0 unspecified atom stereocenters. The van der Waals surface area contributed by atoms with Crippen LogP contribution in [-0.4, -0.2) is 27.5 Å². The van der Waals surface area contributed by atoms with Gasteiger partial charge in [-0.05, 0) is 37.2 Å². The first kappa shape index (κ1) is 22.0. The molecule has 2 aromatic rings. The van der Waals surface area contributed by atoms with E-state index < -0.39 is 17.6 Å². The number of aromatic nitrogens is 2. The van der Waals surface area contributed by atoms with Gasteiger partial charge in [0.15, 0.2) is 0 Å². The highest BCUT2D eigenvalue weighted by Gasteiger charge is 2.32. The Hall–Kier alpha value is -2.70. The maximum Gasteiger partial charge on any atom is 0.437 e. The first-order valence-corrected chi connectivity index (χ1v) is 10.9. The third kappa shape index (κ3) is 5.68. The summed E-state index contributed by atoms with van der Waals surface area (Å²) in [6.07, 6.45) is 6.46. The molecule has 0 aliphatic heterocycles. The highest BCUT2D eigenvalue weighted by atomic mass is 16.4. The fourth-order valence-corrected chi connectivity index (χ4v) is 3.93. The summed E-state index contributed by atoms with van der Waals surface area (Å²) in [5, 5.41) is 6.98. The van der Waals surface area contributed by atoms with Crippen molar-refractivity contribution in [3.63, 3.8) is 0 Å². The third-order valence-corrected chi connectivity index (χ3v) is 5.72. The Balaban J connectivity index is 1.62. The van der Waals surface area contributed by atoms with E-state index in [2.05, 4.69) is 10.4 Å². The van der Waals surface area contributed by atoms with Crippen LogP contribution in [0, 0.1) is 11.8 Å². The van der Waals surface area contributed by atoms with Crippen molar-refractivity contribution in [2.75, 3.05) is 0 Å². The molecule has 3 rings (SSSR count). The van der Waals surface area contributed by atoms with Gasteiger partial charge in [0, 0.05) is 12.5 Å². The van der Waals surface area contributed by atoms with Crippen molar-refractivity contribution in [3.8, 4) is 0 Å². The first-order valence-electron chi connectivity index (χ1n) is 10.9. The lowest BCUT2D eigenvalue weighted by Crippen LogP contribution is -2.47. The van der Waals surface area contributed by atoms with E-state index in [9.17, 15) is 14.4 Å². The van der Waals surface area contributed by atoms with Crippen molar-refractivity contribution in [2.45, 2.75) is 71.4 Å². The van der Waals surface area contributed by atoms with Crippen molar-refractivity contribution in [3.05, 3.63) is 52.3 Å². The standard InChI is InChI=1S/C23H31N3O4/c1-16(2)19(24-21(28)18-13-7-4-8-14-18)20(27)22-25-26(23(29)30-22)15-9-12-17-10-5-3-6-11-17/h3,5-6,10-11,16,18-19H,4,7-9,12-15H2,1-2H3,(H,24,28)/t19-/m0/s1. The number of carbonyl (C=O) groups is 2. The second-order valence-electron chi connectivity index (χ2n) is 8.41. The molecule has 1 heterocycles. The zero-order chi connectivity index (χ0) is 21.5. The first-order chi connectivity index (χ1) is 14.5. The molecule has 1 aliphatic rings. The predicted octanol–water partition coefficient (Wildman–Crippen LogP) is 3.37. The van der Waals surface area contributed by atoms with Crippen LogP contribution < -0.4 is 11.1 Å². The van der Waals surface area contributed by atoms with Gasteiger partial charge in [0.1, 0.15) is 0 Å². The summed E-state index contributed by atoms with van der Waals surface area (Å²) in [7, 11) is 0. The van der Waals surface area contributed by atoms with E-state index >= 15 is 0 Å². The van der Waals surface area contributed by atoms with E-state index in [0.717, 1.165) is 38.5 Å². The largest absolute Gasteiger partial charge is 0.437 e. The molecular weight excluding hydrogens is 382 g/mol. The summed E-state index contributed by atoms with van der Waals surface area (Å²) in [6.45, 7) is 4.09. The number of amides is 1. The van der Waals surface area contributed by atoms with E-state index in [1.165, 1.54) is 10.2 Å². The minimum Gasteiger partial charge on any atom is -0.384 e. The van der Waals surface area contributed by atoms with Crippen LogP contribution in [0.5, 0.6) is 0 Å². The normalized spacial score (nSPS) is 15.8. The third-order valence-electron chi connectivity index (χ3n) is 5.72. The monoisotopic (exact) mass is 413 g/mol. The summed E-state index contributed by atoms with van der Waals surface area (Å²) >= 11 is 0. The molecular formula is C23H31N3O4. The van der Waals surface area contributed by atoms with Gasteiger partial charge in [-0.1, -0.05) is 63.4 Å². The van der Waals surface area contributed by atoms with Gasteiger partial charge < -0.3 is 9.73 Å². The minimum atomic E-state index is -0.754. The van der Waals surface area contributed by atoms with Crippen molar-refractivity contribution in [1.82, 2.24) is 15.1 Å². The Morgan fingerprint density at radius 3 is 2.53 bits per heavy atom. The van der Waals surface area contributed by atoms with Gasteiger partial charge >= 0.3 is 5.76 Å². The molecule has 30 heavy (non-hydrogen) atoms. The lowest BCUT2D eigenvalue weighted by atomic mass is 9.88. The molecule has 0 bridgehead atoms. The zero-order valence-corrected chi connectivity index (χ0v) is 17.8. The molecule has 162 valence electrons. The van der Waals surface area contributed by atoms with Crippen LogP contribution in [0.25, 0.3) is 0 Å². The van der Waals surface area contributed by atoms with Crippen LogP contribution >= 0.6 is 0 Å². The van der Waals surface area contributed by atoms with Crippen molar-refractivity contribution in [2.24, 2.45) is 11.8 Å². The fraction of sp³-hybridized carbons (Fsp3) is 0.565. The van der Waals surface area contributed by atoms with Gasteiger partial charge in [0.05, 0.1) is 6.04 Å². The van der Waals surface area contributed by atoms with Gasteiger partial charge in [0.2, 0.25) is 11.7 Å². The quantitative estimate of drug-likeness (QED) is 0.636. The fourth-order valence-electron chi connectivity index (χ4n) is 3.93. The second kappa shape index (κ2) is 10.4. The summed E-state index contributed by atoms with van der Waals surface area (Å²) in [6, 6.07) is 9.22. The van der Waals surface area contributed by atoms with E-state index in [-0.39, 0.29) is 23.6 Å². The molecule has 7 nitrogen and oxygen atoms in total. The Bertz CT molecular complexity index is 895. The van der Waals surface area contributed by atoms with Crippen LogP contribution in [-0.2, 0) is 17.8 Å². The SMILES string of the molecule is CC(C)[C@H](NC(=O)C1CCCCC1)C(=O)c1nn(CCCc2ccccc2)c(=O)o1. The number of nitrogens with one attached hydrogen (secondary N) is 1. The van der Waals surface area contributed by atoms with Crippen LogP contribution in [0.1, 0.15) is 68.6 Å². The topological polar surface area (TPSA) is 94.2 Å². The number of ketones is 1. The smallest absolute Gasteiger partial charge is 0.384 e. The molecule has 1 saturated carbocycles. The number of Topliss-reactive ketones (excluding diaryl/α,β-unsaturated/α-hetero) is 1. The van der Waals surface area contributed by atoms with Gasteiger partial charge in [-0.25, -0.2) is 4.79 Å². The van der Waals surface area contributed by atoms with Gasteiger partial charge in [-0.3, -0.25) is 9.59 Å². The van der Waals surface area contributed by atoms with Gasteiger partial charge in [0.25, 0.3) is 5.89 Å². The Morgan fingerprint density at radius 2 is 1.87 bits per heavy atom. The average Bonchev–Trinajstić information content (AvgIpc) is 3.13. The molecule has 1 aliphatic carbocycles. The highest BCUT2D eigenvalue weighted by Crippen LogP contribution is 2.24. The summed E-state index contributed by atoms with van der Waals surface area (Å²) < 4.78 is 6.32. The maximum absolute atomic E-state index is 12.9. The number of carbonyl (C=O) groups excluding carboxylic acids is 2. The highest BCUT2D eigenvalue weighted by molar-refractivity contribution is 5.98. The van der Waals surface area contributed by atoms with E-state index in [4.69, 9.17) is 4.42 Å². The van der Waals surface area contributed by atoms with Crippen LogP contribution in [0.4, 0.5) is 0 Å². The maximum atomic E-state index is 12.9. The second-order valence-corrected chi connectivity index (χ2v) is 8.41. The average molecular weight is 414 g/mol. The van der Waals surface area contributed by atoms with Gasteiger partial charge in [-0.15, -0.1) is 5.10 Å². The van der Waals surface area contributed by atoms with E-state index in [0.29, 0.717) is 13.0 Å². The van der Waals surface area contributed by atoms with Crippen LogP contribution in [0.2, 0.25) is 0 Å². The van der Waals surface area contributed by atoms with E-state index in [1.807, 2.05) is 44.2 Å². The van der Waals surface area contributed by atoms with Crippen molar-refractivity contribution in [1.29, 1.82) is 0 Å². The number of benzene rings is 1. The molecule has 1 N–H and O–H groups in total. The van der Waals surface area contributed by atoms with E-state index in [1.54, 1.807) is 0 Å². The van der Waals surface area contributed by atoms with Gasteiger partial charge in [-0.2, -0.15) is 4.68 Å². The molecule has 1 aromatic heterocycles. The number of nitrogens with zero attached hydrogens (tertiary/aromatic N) is 2. The number of aryl methyl sites for hydroxylation is 2. The number of hydrogen-bond acceptors (Lipinski definition) is 5. The number of hydrogen-bond donors (Lipinski definition) is 1. The molecule has 1 aromatic carbocycles. The van der Waals surface area contributed by atoms with Crippen molar-refractivity contribution < 1.29 is 14.0 Å². The molecule has 1 amide bonds. The lowest BCUT2D eigenvalue weighted by Gasteiger charge is -2.25. The van der Waals surface area contributed by atoms with Crippen molar-refractivity contribution >= 4 is 11.7 Å². The Kier molecular flexibility index (Phi) is 7.60. The minimum absolute atomic E-state index is 0.0460. The summed E-state index contributed by atoms with van der Waals surface area (Å²) in [5.41, 5.74) is 1.18. The molecule has 0 spiro atoms.